The fourth-order valence-electron chi connectivity index (χ4n) is 1.96. The molecule has 0 aliphatic rings. The molecule has 0 bridgehead atoms. The van der Waals surface area contributed by atoms with E-state index in [0.717, 1.165) is 0 Å². The van der Waals surface area contributed by atoms with Crippen LogP contribution in [0.2, 0.25) is 0 Å². The van der Waals surface area contributed by atoms with Crippen molar-refractivity contribution >= 4 is 0 Å². The van der Waals surface area contributed by atoms with Crippen LogP contribution in [0.15, 0.2) is 0 Å². The van der Waals surface area contributed by atoms with Gasteiger partial charge in [0.2, 0.25) is 0 Å². The highest BCUT2D eigenvalue weighted by Crippen LogP contribution is 2.18. The van der Waals surface area contributed by atoms with E-state index in [9.17, 15) is 10.2 Å². The predicted octanol–water partition coefficient (Wildman–Crippen LogP) is 2.58. The fraction of sp³-hybridized carbons (Fsp3) is 0.857. The van der Waals surface area contributed by atoms with Crippen molar-refractivity contribution in [3.05, 3.63) is 0 Å². The predicted molar refractivity (Wildman–Crippen MR) is 67.9 cm³/mol. The number of aliphatic hydroxyl groups is 2. The summed E-state index contributed by atoms with van der Waals surface area (Å²) in [7, 11) is 0. The van der Waals surface area contributed by atoms with Crippen molar-refractivity contribution in [1.29, 1.82) is 0 Å². The van der Waals surface area contributed by atoms with Crippen LogP contribution in [-0.4, -0.2) is 21.4 Å². The summed E-state index contributed by atoms with van der Waals surface area (Å²) in [6.45, 7) is 11.6. The summed E-state index contributed by atoms with van der Waals surface area (Å²) < 4.78 is 0. The molecule has 0 aromatic rings. The molecule has 0 aromatic carbocycles. The van der Waals surface area contributed by atoms with Crippen molar-refractivity contribution in [3.63, 3.8) is 0 Å². The lowest BCUT2D eigenvalue weighted by atomic mass is 9.91. The average molecular weight is 226 g/mol. The minimum Gasteiger partial charge on any atom is -0.378 e. The molecular weight excluding hydrogens is 200 g/mol. The maximum atomic E-state index is 10.00. The zero-order valence-corrected chi connectivity index (χ0v) is 11.5. The first-order valence-corrected chi connectivity index (χ1v) is 6.03. The second kappa shape index (κ2) is 5.70. The molecule has 16 heavy (non-hydrogen) atoms. The normalized spacial score (nSPS) is 18.9. The van der Waals surface area contributed by atoms with Gasteiger partial charge >= 0.3 is 0 Å². The van der Waals surface area contributed by atoms with E-state index in [1.165, 1.54) is 0 Å². The summed E-state index contributed by atoms with van der Waals surface area (Å²) in [6.07, 6.45) is 1.25. The van der Waals surface area contributed by atoms with E-state index in [0.29, 0.717) is 24.7 Å². The lowest BCUT2D eigenvalue weighted by molar-refractivity contribution is 0.0859. The first kappa shape index (κ1) is 15.5. The SMILES string of the molecule is CC(C)C[C@@](C)(O)C#C[C@@](C)(O)CC(C)C. The molecule has 0 saturated carbocycles. The Hall–Kier alpha value is -0.520. The lowest BCUT2D eigenvalue weighted by Crippen LogP contribution is -2.28. The molecule has 2 nitrogen and oxygen atoms in total. The second-order valence-electron chi connectivity index (χ2n) is 5.99. The van der Waals surface area contributed by atoms with Crippen LogP contribution in [0.25, 0.3) is 0 Å². The number of hydrogen-bond acceptors (Lipinski definition) is 2. The molecular formula is C14H26O2. The second-order valence-corrected chi connectivity index (χ2v) is 5.99. The van der Waals surface area contributed by atoms with E-state index in [1.54, 1.807) is 13.8 Å². The minimum absolute atomic E-state index is 0.388. The van der Waals surface area contributed by atoms with Crippen LogP contribution >= 0.6 is 0 Å². The van der Waals surface area contributed by atoms with Crippen LogP contribution in [0, 0.1) is 23.7 Å². The summed E-state index contributed by atoms with van der Waals surface area (Å²) >= 11 is 0. The quantitative estimate of drug-likeness (QED) is 0.723. The third-order valence-electron chi connectivity index (χ3n) is 2.21. The van der Waals surface area contributed by atoms with Gasteiger partial charge in [0.05, 0.1) is 0 Å². The van der Waals surface area contributed by atoms with Gasteiger partial charge < -0.3 is 10.2 Å². The maximum absolute atomic E-state index is 10.00. The molecule has 0 aliphatic heterocycles. The van der Waals surface area contributed by atoms with Crippen LogP contribution in [0.1, 0.15) is 54.4 Å². The highest BCUT2D eigenvalue weighted by Gasteiger charge is 2.22. The summed E-state index contributed by atoms with van der Waals surface area (Å²) in [6, 6.07) is 0. The Morgan fingerprint density at radius 2 is 1.06 bits per heavy atom. The summed E-state index contributed by atoms with van der Waals surface area (Å²) in [5, 5.41) is 20.0. The van der Waals surface area contributed by atoms with Crippen molar-refractivity contribution in [1.82, 2.24) is 0 Å². The molecule has 0 amide bonds. The molecule has 0 aromatic heterocycles. The molecule has 0 saturated heterocycles. The van der Waals surface area contributed by atoms with Gasteiger partial charge in [0.25, 0.3) is 0 Å². The number of rotatable bonds is 4. The van der Waals surface area contributed by atoms with Gasteiger partial charge in [-0.05, 0) is 38.5 Å². The fourth-order valence-corrected chi connectivity index (χ4v) is 1.96. The zero-order chi connectivity index (χ0) is 13.0. The largest absolute Gasteiger partial charge is 0.378 e. The lowest BCUT2D eigenvalue weighted by Gasteiger charge is -2.22. The third-order valence-corrected chi connectivity index (χ3v) is 2.21. The van der Waals surface area contributed by atoms with E-state index in [1.807, 2.05) is 27.7 Å². The van der Waals surface area contributed by atoms with Crippen LogP contribution < -0.4 is 0 Å². The van der Waals surface area contributed by atoms with E-state index < -0.39 is 11.2 Å². The first-order chi connectivity index (χ1) is 7.04. The van der Waals surface area contributed by atoms with E-state index in [4.69, 9.17) is 0 Å². The van der Waals surface area contributed by atoms with Crippen molar-refractivity contribution in [2.75, 3.05) is 0 Å². The van der Waals surface area contributed by atoms with Gasteiger partial charge in [-0.2, -0.15) is 0 Å². The molecule has 94 valence electrons. The van der Waals surface area contributed by atoms with Gasteiger partial charge in [-0.15, -0.1) is 0 Å². The van der Waals surface area contributed by atoms with Gasteiger partial charge in [-0.25, -0.2) is 0 Å². The molecule has 2 heteroatoms. The molecule has 0 radical (unpaired) electrons. The molecule has 2 atom stereocenters. The van der Waals surface area contributed by atoms with Gasteiger partial charge in [-0.3, -0.25) is 0 Å². The van der Waals surface area contributed by atoms with Crippen LogP contribution in [0.4, 0.5) is 0 Å². The zero-order valence-electron chi connectivity index (χ0n) is 11.5. The highest BCUT2D eigenvalue weighted by atomic mass is 16.3. The summed E-state index contributed by atoms with van der Waals surface area (Å²) in [5.74, 6) is 6.36. The Labute approximate surface area is 100 Å². The summed E-state index contributed by atoms with van der Waals surface area (Å²) in [5.41, 5.74) is -2.01. The Morgan fingerprint density at radius 3 is 1.25 bits per heavy atom. The van der Waals surface area contributed by atoms with Crippen LogP contribution in [0.3, 0.4) is 0 Å². The Bertz CT molecular complexity index is 238. The number of hydrogen-bond donors (Lipinski definition) is 2. The smallest absolute Gasteiger partial charge is 0.123 e. The van der Waals surface area contributed by atoms with E-state index in [2.05, 4.69) is 11.8 Å². The Kier molecular flexibility index (Phi) is 5.52. The van der Waals surface area contributed by atoms with Gasteiger partial charge in [0, 0.05) is 0 Å². The van der Waals surface area contributed by atoms with Gasteiger partial charge in [0.1, 0.15) is 11.2 Å². The topological polar surface area (TPSA) is 40.5 Å². The Morgan fingerprint density at radius 1 is 0.812 bits per heavy atom. The van der Waals surface area contributed by atoms with Gasteiger partial charge in [0.15, 0.2) is 0 Å². The maximum Gasteiger partial charge on any atom is 0.123 e. The van der Waals surface area contributed by atoms with Crippen molar-refractivity contribution < 1.29 is 10.2 Å². The van der Waals surface area contributed by atoms with E-state index in [-0.39, 0.29) is 0 Å². The molecule has 0 fully saturated rings. The monoisotopic (exact) mass is 226 g/mol. The highest BCUT2D eigenvalue weighted by molar-refractivity contribution is 5.19. The van der Waals surface area contributed by atoms with Crippen molar-refractivity contribution in [3.8, 4) is 11.8 Å². The van der Waals surface area contributed by atoms with E-state index >= 15 is 0 Å². The van der Waals surface area contributed by atoms with Crippen LogP contribution in [0.5, 0.6) is 0 Å². The molecule has 0 spiro atoms. The minimum atomic E-state index is -1.00. The standard InChI is InChI=1S/C14H26O2/c1-11(2)9-13(5,15)7-8-14(6,16)10-12(3)4/h11-12,15-16H,9-10H2,1-6H3/t13-,14+. The molecule has 0 unspecified atom stereocenters. The molecule has 0 rings (SSSR count). The summed E-state index contributed by atoms with van der Waals surface area (Å²) in [4.78, 5) is 0. The third kappa shape index (κ3) is 7.73. The molecule has 0 aliphatic carbocycles. The average Bonchev–Trinajstić information content (AvgIpc) is 1.96. The first-order valence-electron chi connectivity index (χ1n) is 6.03. The van der Waals surface area contributed by atoms with Crippen molar-refractivity contribution in [2.24, 2.45) is 11.8 Å². The molecule has 2 N–H and O–H groups in total. The van der Waals surface area contributed by atoms with Crippen LogP contribution in [-0.2, 0) is 0 Å². The Balaban J connectivity index is 4.57. The van der Waals surface area contributed by atoms with Crippen molar-refractivity contribution in [2.45, 2.75) is 65.6 Å². The molecule has 0 heterocycles. The van der Waals surface area contributed by atoms with Gasteiger partial charge in [-0.1, -0.05) is 39.5 Å².